The minimum atomic E-state index is -0.350. The third kappa shape index (κ3) is 5.32. The predicted octanol–water partition coefficient (Wildman–Crippen LogP) is 1.62. The Morgan fingerprint density at radius 1 is 1.20 bits per heavy atom. The van der Waals surface area contributed by atoms with Crippen molar-refractivity contribution in [2.75, 3.05) is 60.3 Å². The van der Waals surface area contributed by atoms with E-state index in [2.05, 4.69) is 0 Å². The number of morpholine rings is 1. The number of hydrogen-bond acceptors (Lipinski definition) is 8. The number of hydrogen-bond donors (Lipinski definition) is 0. The number of ether oxygens (including phenoxy) is 4. The molecule has 0 saturated carbocycles. The molecule has 0 N–H and O–H groups in total. The fourth-order valence-electron chi connectivity index (χ4n) is 2.96. The molecule has 2 aliphatic rings. The first-order valence-electron chi connectivity index (χ1n) is 9.44. The van der Waals surface area contributed by atoms with Gasteiger partial charge in [-0.1, -0.05) is 6.07 Å². The van der Waals surface area contributed by atoms with E-state index >= 15 is 0 Å². The lowest BCUT2D eigenvalue weighted by molar-refractivity contribution is -0.137. The zero-order chi connectivity index (χ0) is 21.5. The molecule has 0 aromatic heterocycles. The summed E-state index contributed by atoms with van der Waals surface area (Å²) in [5.74, 6) is 0.383. The Morgan fingerprint density at radius 2 is 1.97 bits per heavy atom. The zero-order valence-corrected chi connectivity index (χ0v) is 17.7. The van der Waals surface area contributed by atoms with Gasteiger partial charge in [0.05, 0.1) is 38.4 Å². The minimum Gasteiger partial charge on any atom is -0.493 e. The van der Waals surface area contributed by atoms with Gasteiger partial charge < -0.3 is 23.8 Å². The summed E-state index contributed by atoms with van der Waals surface area (Å²) in [7, 11) is 3.01. The normalized spacial score (nSPS) is 18.3. The highest BCUT2D eigenvalue weighted by molar-refractivity contribution is 8.18. The summed E-state index contributed by atoms with van der Waals surface area (Å²) < 4.78 is 21.2. The van der Waals surface area contributed by atoms with Crippen LogP contribution >= 0.6 is 11.8 Å². The van der Waals surface area contributed by atoms with Crippen LogP contribution in [0.2, 0.25) is 0 Å². The van der Waals surface area contributed by atoms with Crippen molar-refractivity contribution in [1.29, 1.82) is 0 Å². The van der Waals surface area contributed by atoms with E-state index in [0.717, 1.165) is 16.7 Å². The molecule has 2 saturated heterocycles. The maximum absolute atomic E-state index is 12.4. The summed E-state index contributed by atoms with van der Waals surface area (Å²) >= 11 is 0.885. The molecule has 0 radical (unpaired) electrons. The average molecular weight is 436 g/mol. The molecular formula is C20H24N2O7S. The van der Waals surface area contributed by atoms with Gasteiger partial charge in [0.2, 0.25) is 0 Å². The molecule has 0 spiro atoms. The molecule has 10 heteroatoms. The van der Waals surface area contributed by atoms with Crippen molar-refractivity contribution in [2.24, 2.45) is 0 Å². The van der Waals surface area contributed by atoms with E-state index in [4.69, 9.17) is 18.9 Å². The van der Waals surface area contributed by atoms with E-state index in [9.17, 15) is 14.4 Å². The summed E-state index contributed by atoms with van der Waals surface area (Å²) in [6, 6.07) is 5.10. The largest absolute Gasteiger partial charge is 0.493 e. The molecule has 0 unspecified atom stereocenters. The van der Waals surface area contributed by atoms with Crippen molar-refractivity contribution in [2.45, 2.75) is 0 Å². The van der Waals surface area contributed by atoms with Crippen LogP contribution in [-0.4, -0.2) is 87.1 Å². The predicted molar refractivity (Wildman–Crippen MR) is 110 cm³/mol. The van der Waals surface area contributed by atoms with Crippen molar-refractivity contribution in [3.8, 4) is 11.5 Å². The quantitative estimate of drug-likeness (QED) is 0.568. The Kier molecular flexibility index (Phi) is 7.72. The van der Waals surface area contributed by atoms with Gasteiger partial charge in [-0.25, -0.2) is 0 Å². The number of carbonyl (C=O) groups is 3. The monoisotopic (exact) mass is 436 g/mol. The molecule has 1 aromatic rings. The van der Waals surface area contributed by atoms with Crippen LogP contribution in [-0.2, 0) is 19.1 Å². The van der Waals surface area contributed by atoms with E-state index in [1.165, 1.54) is 14.2 Å². The number of methoxy groups -OCH3 is 2. The number of imide groups is 1. The molecule has 3 rings (SSSR count). The van der Waals surface area contributed by atoms with Gasteiger partial charge in [-0.05, 0) is 35.5 Å². The summed E-state index contributed by atoms with van der Waals surface area (Å²) in [5.41, 5.74) is 0.677. The topological polar surface area (TPSA) is 94.6 Å². The lowest BCUT2D eigenvalue weighted by Gasteiger charge is -2.26. The maximum Gasteiger partial charge on any atom is 0.293 e. The Morgan fingerprint density at radius 3 is 2.67 bits per heavy atom. The first-order chi connectivity index (χ1) is 14.5. The standard InChI is InChI=1S/C20H24N2O7S/c1-26-8-7-22-19(24)17(30-20(22)25)12-14-3-4-15(16(11-14)27-2)29-13-18(23)21-5-9-28-10-6-21/h3-4,11-12H,5-10,13H2,1-2H3/b17-12-. The number of carbonyl (C=O) groups excluding carboxylic acids is 3. The van der Waals surface area contributed by atoms with E-state index < -0.39 is 0 Å². The SMILES string of the molecule is COCCN1C(=O)S/C(=C\c2ccc(OCC(=O)N3CCOCC3)c(OC)c2)C1=O. The third-order valence-corrected chi connectivity index (χ3v) is 5.50. The summed E-state index contributed by atoms with van der Waals surface area (Å²) in [6.45, 7) is 2.56. The van der Waals surface area contributed by atoms with Crippen LogP contribution in [0.1, 0.15) is 5.56 Å². The molecule has 30 heavy (non-hydrogen) atoms. The lowest BCUT2D eigenvalue weighted by atomic mass is 10.2. The molecule has 1 aromatic carbocycles. The molecule has 2 fully saturated rings. The third-order valence-electron chi connectivity index (χ3n) is 4.59. The average Bonchev–Trinajstić information content (AvgIpc) is 3.03. The molecule has 9 nitrogen and oxygen atoms in total. The van der Waals surface area contributed by atoms with E-state index in [-0.39, 0.29) is 36.8 Å². The maximum atomic E-state index is 12.4. The van der Waals surface area contributed by atoms with Crippen LogP contribution in [0.4, 0.5) is 4.79 Å². The molecular weight excluding hydrogens is 412 g/mol. The van der Waals surface area contributed by atoms with Crippen LogP contribution in [0.5, 0.6) is 11.5 Å². The molecule has 0 bridgehead atoms. The van der Waals surface area contributed by atoms with Crippen molar-refractivity contribution in [1.82, 2.24) is 9.80 Å². The molecule has 162 valence electrons. The van der Waals surface area contributed by atoms with Crippen molar-refractivity contribution in [3.63, 3.8) is 0 Å². The Balaban J connectivity index is 1.66. The van der Waals surface area contributed by atoms with E-state index in [1.54, 1.807) is 29.2 Å². The van der Waals surface area contributed by atoms with E-state index in [1.807, 2.05) is 0 Å². The Bertz CT molecular complexity index is 836. The summed E-state index contributed by atoms with van der Waals surface area (Å²) in [4.78, 5) is 39.9. The van der Waals surface area contributed by atoms with Crippen molar-refractivity contribution >= 4 is 34.9 Å². The molecule has 2 heterocycles. The van der Waals surface area contributed by atoms with Crippen LogP contribution in [0.15, 0.2) is 23.1 Å². The van der Waals surface area contributed by atoms with Crippen LogP contribution < -0.4 is 9.47 Å². The first kappa shape index (κ1) is 22.1. The smallest absolute Gasteiger partial charge is 0.293 e. The number of nitrogens with zero attached hydrogens (tertiary/aromatic N) is 2. The molecule has 0 atom stereocenters. The fraction of sp³-hybridized carbons (Fsp3) is 0.450. The van der Waals surface area contributed by atoms with E-state index in [0.29, 0.717) is 48.3 Å². The fourth-order valence-corrected chi connectivity index (χ4v) is 3.83. The molecule has 2 aliphatic heterocycles. The molecule has 3 amide bonds. The van der Waals surface area contributed by atoms with Gasteiger partial charge in [-0.3, -0.25) is 19.3 Å². The molecule has 0 aliphatic carbocycles. The van der Waals surface area contributed by atoms with Gasteiger partial charge in [0.15, 0.2) is 18.1 Å². The van der Waals surface area contributed by atoms with Crippen molar-refractivity contribution in [3.05, 3.63) is 28.7 Å². The van der Waals surface area contributed by atoms with Gasteiger partial charge in [-0.2, -0.15) is 0 Å². The van der Waals surface area contributed by atoms with Gasteiger partial charge in [-0.15, -0.1) is 0 Å². The van der Waals surface area contributed by atoms with Crippen molar-refractivity contribution < 1.29 is 33.3 Å². The van der Waals surface area contributed by atoms with Gasteiger partial charge in [0.25, 0.3) is 17.1 Å². The highest BCUT2D eigenvalue weighted by atomic mass is 32.2. The van der Waals surface area contributed by atoms with Gasteiger partial charge >= 0.3 is 0 Å². The zero-order valence-electron chi connectivity index (χ0n) is 16.9. The summed E-state index contributed by atoms with van der Waals surface area (Å²) in [5, 5.41) is -0.322. The van der Waals surface area contributed by atoms with Gasteiger partial charge in [0, 0.05) is 20.2 Å². The minimum absolute atomic E-state index is 0.103. The second-order valence-corrected chi connectivity index (χ2v) is 7.51. The van der Waals surface area contributed by atoms with Crippen LogP contribution in [0.3, 0.4) is 0 Å². The second kappa shape index (κ2) is 10.5. The number of thioether (sulfide) groups is 1. The highest BCUT2D eigenvalue weighted by Crippen LogP contribution is 2.34. The summed E-state index contributed by atoms with van der Waals surface area (Å²) in [6.07, 6.45) is 1.63. The number of amides is 3. The Labute approximate surface area is 178 Å². The van der Waals surface area contributed by atoms with Crippen LogP contribution in [0.25, 0.3) is 6.08 Å². The Hall–Kier alpha value is -2.56. The van der Waals surface area contributed by atoms with Crippen LogP contribution in [0, 0.1) is 0 Å². The lowest BCUT2D eigenvalue weighted by Crippen LogP contribution is -2.43. The number of rotatable bonds is 8. The van der Waals surface area contributed by atoms with Gasteiger partial charge in [0.1, 0.15) is 0 Å². The highest BCUT2D eigenvalue weighted by Gasteiger charge is 2.34. The second-order valence-electron chi connectivity index (χ2n) is 6.52. The number of benzene rings is 1. The first-order valence-corrected chi connectivity index (χ1v) is 10.3.